The first-order chi connectivity index (χ1) is 14.9. The molecule has 156 valence electrons. The highest BCUT2D eigenvalue weighted by atomic mass is 16.5. The Balaban J connectivity index is 1.63. The molecule has 6 nitrogen and oxygen atoms in total. The van der Waals surface area contributed by atoms with Crippen LogP contribution in [0, 0.1) is 13.8 Å². The number of rotatable bonds is 5. The molecule has 6 heteroatoms. The van der Waals surface area contributed by atoms with Crippen molar-refractivity contribution in [1.29, 1.82) is 0 Å². The fourth-order valence-corrected chi connectivity index (χ4v) is 3.64. The number of fused-ring (bicyclic) bond motifs is 1. The Morgan fingerprint density at radius 2 is 1.71 bits per heavy atom. The minimum Gasteiger partial charge on any atom is -0.465 e. The number of aryl methyl sites for hydroxylation is 2. The van der Waals surface area contributed by atoms with Crippen LogP contribution in [0.1, 0.15) is 37.7 Å². The number of esters is 1. The van der Waals surface area contributed by atoms with E-state index in [4.69, 9.17) is 4.74 Å². The quantitative estimate of drug-likeness (QED) is 0.480. The van der Waals surface area contributed by atoms with Gasteiger partial charge >= 0.3 is 5.97 Å². The first-order valence-corrected chi connectivity index (χ1v) is 9.97. The van der Waals surface area contributed by atoms with Gasteiger partial charge in [0.25, 0.3) is 5.91 Å². The van der Waals surface area contributed by atoms with Crippen LogP contribution in [0.3, 0.4) is 0 Å². The van der Waals surface area contributed by atoms with E-state index in [1.807, 2.05) is 67.1 Å². The molecule has 31 heavy (non-hydrogen) atoms. The number of methoxy groups -OCH3 is 1. The highest BCUT2D eigenvalue weighted by Gasteiger charge is 2.16. The molecular weight excluding hydrogens is 390 g/mol. The number of carbonyl (C=O) groups is 2. The molecule has 0 unspecified atom stereocenters. The average Bonchev–Trinajstić information content (AvgIpc) is 3.09. The molecule has 1 amide bonds. The van der Waals surface area contributed by atoms with Crippen molar-refractivity contribution < 1.29 is 14.3 Å². The molecule has 0 aliphatic rings. The summed E-state index contributed by atoms with van der Waals surface area (Å²) in [4.78, 5) is 25.3. The third-order valence-electron chi connectivity index (χ3n) is 5.16. The molecule has 1 heterocycles. The largest absolute Gasteiger partial charge is 0.465 e. The highest BCUT2D eigenvalue weighted by Crippen LogP contribution is 2.25. The van der Waals surface area contributed by atoms with Crippen LogP contribution in [0.2, 0.25) is 0 Å². The van der Waals surface area contributed by atoms with Crippen molar-refractivity contribution in [3.05, 3.63) is 94.8 Å². The molecule has 0 fully saturated rings. The number of nitrogens with one attached hydrogen (secondary N) is 1. The van der Waals surface area contributed by atoms with Crippen LogP contribution in [0.5, 0.6) is 0 Å². The van der Waals surface area contributed by atoms with Gasteiger partial charge in [-0.15, -0.1) is 0 Å². The Bertz CT molecular complexity index is 1290. The van der Waals surface area contributed by atoms with Gasteiger partial charge in [0.15, 0.2) is 0 Å². The predicted molar refractivity (Wildman–Crippen MR) is 120 cm³/mol. The van der Waals surface area contributed by atoms with E-state index in [1.54, 1.807) is 18.2 Å². The molecule has 0 saturated heterocycles. The second-order valence-electron chi connectivity index (χ2n) is 7.48. The van der Waals surface area contributed by atoms with E-state index in [0.717, 1.165) is 27.7 Å². The standard InChI is InChI=1S/C25H23N3O3/c1-16-11-17(2)28(27-16)15-18-7-6-10-21(12-18)24(29)26-23-14-20-9-5-4-8-19(20)13-22(23)25(30)31-3/h4-14H,15H2,1-3H3,(H,26,29). The monoisotopic (exact) mass is 413 g/mol. The molecule has 0 radical (unpaired) electrons. The number of hydrogen-bond acceptors (Lipinski definition) is 4. The number of amides is 1. The second-order valence-corrected chi connectivity index (χ2v) is 7.48. The maximum absolute atomic E-state index is 13.0. The summed E-state index contributed by atoms with van der Waals surface area (Å²) in [6, 6.07) is 20.6. The topological polar surface area (TPSA) is 73.2 Å². The number of anilines is 1. The van der Waals surface area contributed by atoms with Crippen molar-refractivity contribution in [1.82, 2.24) is 9.78 Å². The van der Waals surface area contributed by atoms with Crippen LogP contribution in [-0.2, 0) is 11.3 Å². The lowest BCUT2D eigenvalue weighted by Crippen LogP contribution is -2.16. The van der Waals surface area contributed by atoms with E-state index in [9.17, 15) is 9.59 Å². The highest BCUT2D eigenvalue weighted by molar-refractivity contribution is 6.10. The summed E-state index contributed by atoms with van der Waals surface area (Å²) in [6.45, 7) is 4.53. The van der Waals surface area contributed by atoms with Crippen molar-refractivity contribution in [3.8, 4) is 0 Å². The fourth-order valence-electron chi connectivity index (χ4n) is 3.64. The van der Waals surface area contributed by atoms with E-state index < -0.39 is 5.97 Å². The number of ether oxygens (including phenoxy) is 1. The first kappa shape index (κ1) is 20.3. The smallest absolute Gasteiger partial charge is 0.339 e. The summed E-state index contributed by atoms with van der Waals surface area (Å²) < 4.78 is 6.82. The summed E-state index contributed by atoms with van der Waals surface area (Å²) in [5, 5.41) is 9.18. The van der Waals surface area contributed by atoms with Gasteiger partial charge in [0.1, 0.15) is 0 Å². The fraction of sp³-hybridized carbons (Fsp3) is 0.160. The van der Waals surface area contributed by atoms with Crippen molar-refractivity contribution in [2.24, 2.45) is 0 Å². The number of nitrogens with zero attached hydrogens (tertiary/aromatic N) is 2. The second kappa shape index (κ2) is 8.44. The minimum atomic E-state index is -0.501. The van der Waals surface area contributed by atoms with Crippen LogP contribution in [0.4, 0.5) is 5.69 Å². The average molecular weight is 413 g/mol. The Hall–Kier alpha value is -3.93. The molecule has 3 aromatic carbocycles. The Labute approximate surface area is 180 Å². The molecule has 0 aliphatic carbocycles. The predicted octanol–water partition coefficient (Wildman–Crippen LogP) is 4.74. The van der Waals surface area contributed by atoms with E-state index in [1.165, 1.54) is 7.11 Å². The lowest BCUT2D eigenvalue weighted by Gasteiger charge is -2.12. The molecule has 0 aliphatic heterocycles. The molecule has 0 atom stereocenters. The third kappa shape index (κ3) is 4.33. The molecule has 1 N–H and O–H groups in total. The first-order valence-electron chi connectivity index (χ1n) is 9.97. The van der Waals surface area contributed by atoms with Crippen molar-refractivity contribution >= 4 is 28.3 Å². The molecule has 0 spiro atoms. The van der Waals surface area contributed by atoms with E-state index in [-0.39, 0.29) is 5.91 Å². The van der Waals surface area contributed by atoms with E-state index in [0.29, 0.717) is 23.4 Å². The van der Waals surface area contributed by atoms with Gasteiger partial charge in [0.2, 0.25) is 0 Å². The molecular formula is C25H23N3O3. The zero-order valence-corrected chi connectivity index (χ0v) is 17.7. The maximum atomic E-state index is 13.0. The van der Waals surface area contributed by atoms with Gasteiger partial charge in [0.05, 0.1) is 30.6 Å². The summed E-state index contributed by atoms with van der Waals surface area (Å²) in [7, 11) is 1.32. The van der Waals surface area contributed by atoms with Gasteiger partial charge in [-0.25, -0.2) is 4.79 Å². The van der Waals surface area contributed by atoms with Gasteiger partial charge in [-0.2, -0.15) is 5.10 Å². The SMILES string of the molecule is COC(=O)c1cc2ccccc2cc1NC(=O)c1cccc(Cn2nc(C)cc2C)c1. The Morgan fingerprint density at radius 3 is 2.39 bits per heavy atom. The Morgan fingerprint density at radius 1 is 0.968 bits per heavy atom. The number of aromatic nitrogens is 2. The number of hydrogen-bond donors (Lipinski definition) is 1. The van der Waals surface area contributed by atoms with Gasteiger partial charge in [-0.3, -0.25) is 9.48 Å². The van der Waals surface area contributed by atoms with Crippen molar-refractivity contribution in [2.75, 3.05) is 12.4 Å². The van der Waals surface area contributed by atoms with Crippen molar-refractivity contribution in [2.45, 2.75) is 20.4 Å². The van der Waals surface area contributed by atoms with Gasteiger partial charge < -0.3 is 10.1 Å². The normalized spacial score (nSPS) is 10.8. The molecule has 0 bridgehead atoms. The molecule has 1 aromatic heterocycles. The summed E-state index contributed by atoms with van der Waals surface area (Å²) in [5.41, 5.74) is 4.21. The minimum absolute atomic E-state index is 0.296. The lowest BCUT2D eigenvalue weighted by atomic mass is 10.0. The molecule has 4 rings (SSSR count). The van der Waals surface area contributed by atoms with Crippen molar-refractivity contribution in [3.63, 3.8) is 0 Å². The van der Waals surface area contributed by atoms with Crippen LogP contribution < -0.4 is 5.32 Å². The Kier molecular flexibility index (Phi) is 5.54. The van der Waals surface area contributed by atoms with Crippen LogP contribution in [0.15, 0.2) is 66.7 Å². The van der Waals surface area contributed by atoms with Gasteiger partial charge in [-0.1, -0.05) is 36.4 Å². The van der Waals surface area contributed by atoms with E-state index in [2.05, 4.69) is 10.4 Å². The number of benzene rings is 3. The summed E-state index contributed by atoms with van der Waals surface area (Å²) >= 11 is 0. The van der Waals surface area contributed by atoms with Crippen LogP contribution in [-0.4, -0.2) is 28.8 Å². The third-order valence-corrected chi connectivity index (χ3v) is 5.16. The lowest BCUT2D eigenvalue weighted by molar-refractivity contribution is 0.0602. The summed E-state index contributed by atoms with van der Waals surface area (Å²) in [5.74, 6) is -0.796. The zero-order valence-electron chi connectivity index (χ0n) is 17.7. The van der Waals surface area contributed by atoms with E-state index >= 15 is 0 Å². The molecule has 0 saturated carbocycles. The molecule has 4 aromatic rings. The van der Waals surface area contributed by atoms with Crippen LogP contribution in [0.25, 0.3) is 10.8 Å². The zero-order chi connectivity index (χ0) is 22.0. The summed E-state index contributed by atoms with van der Waals surface area (Å²) in [6.07, 6.45) is 0. The maximum Gasteiger partial charge on any atom is 0.339 e. The van der Waals surface area contributed by atoms with Gasteiger partial charge in [0, 0.05) is 11.3 Å². The van der Waals surface area contributed by atoms with Gasteiger partial charge in [-0.05, 0) is 60.5 Å². The number of carbonyl (C=O) groups excluding carboxylic acids is 2. The van der Waals surface area contributed by atoms with Crippen LogP contribution >= 0.6 is 0 Å².